The molecule has 19 heavy (non-hydrogen) atoms. The normalized spacial score (nSPS) is 9.74. The summed E-state index contributed by atoms with van der Waals surface area (Å²) < 4.78 is 0. The summed E-state index contributed by atoms with van der Waals surface area (Å²) in [5.74, 6) is 1.66. The second-order valence-corrected chi connectivity index (χ2v) is 4.01. The Morgan fingerprint density at radius 3 is 2.68 bits per heavy atom. The Morgan fingerprint density at radius 2 is 2.11 bits per heavy atom. The average molecular weight is 255 g/mol. The Kier molecular flexibility index (Phi) is 3.90. The quantitative estimate of drug-likeness (QED) is 0.841. The molecule has 96 valence electrons. The molecule has 1 amide bonds. The van der Waals surface area contributed by atoms with Gasteiger partial charge in [0.15, 0.2) is 5.82 Å². The Bertz CT molecular complexity index is 599. The molecular formula is C14H13N3O2. The Labute approximate surface area is 110 Å². The second kappa shape index (κ2) is 5.80. The topological polar surface area (TPSA) is 66.1 Å². The minimum atomic E-state index is -0.362. The number of H-pyrrole nitrogens is 1. The molecular weight excluding hydrogens is 242 g/mol. The Morgan fingerprint density at radius 1 is 1.37 bits per heavy atom. The van der Waals surface area contributed by atoms with Gasteiger partial charge in [-0.3, -0.25) is 4.79 Å². The highest BCUT2D eigenvalue weighted by Crippen LogP contribution is 2.10. The first-order chi connectivity index (χ1) is 9.22. The van der Waals surface area contributed by atoms with E-state index in [2.05, 4.69) is 9.97 Å². The number of hydrogen-bond donors (Lipinski definition) is 1. The molecule has 1 aromatic heterocycles. The van der Waals surface area contributed by atoms with Crippen LogP contribution in [0, 0.1) is 0 Å². The van der Waals surface area contributed by atoms with Gasteiger partial charge in [0.25, 0.3) is 5.91 Å². The number of aromatic amines is 1. The summed E-state index contributed by atoms with van der Waals surface area (Å²) in [5, 5.41) is 0. The van der Waals surface area contributed by atoms with Crippen LogP contribution in [0.15, 0.2) is 48.4 Å². The first-order valence-corrected chi connectivity index (χ1v) is 5.77. The smallest absolute Gasteiger partial charge is 0.294 e. The standard InChI is InChI=1S/C14H13N3O2/c1-17(14(19)13-15-7-8-16-13)12(10-18)9-11-5-3-2-4-6-11/h2-8H,9H2,1H3,(H,15,16). The zero-order chi connectivity index (χ0) is 13.7. The molecule has 0 saturated carbocycles. The zero-order valence-corrected chi connectivity index (χ0v) is 10.5. The van der Waals surface area contributed by atoms with Gasteiger partial charge in [0, 0.05) is 25.9 Å². The van der Waals surface area contributed by atoms with E-state index in [-0.39, 0.29) is 17.4 Å². The molecule has 0 aliphatic rings. The average Bonchev–Trinajstić information content (AvgIpc) is 2.98. The molecule has 2 aromatic rings. The summed E-state index contributed by atoms with van der Waals surface area (Å²) in [5.41, 5.74) is 1.22. The number of benzene rings is 1. The van der Waals surface area contributed by atoms with Crippen molar-refractivity contribution in [3.05, 3.63) is 59.8 Å². The number of likely N-dealkylation sites (N-methyl/N-ethyl adjacent to an activating group) is 1. The van der Waals surface area contributed by atoms with Crippen molar-refractivity contribution >= 4 is 11.8 Å². The summed E-state index contributed by atoms with van der Waals surface area (Å²) >= 11 is 0. The van der Waals surface area contributed by atoms with Crippen LogP contribution in [0.5, 0.6) is 0 Å². The molecule has 1 aromatic carbocycles. The van der Waals surface area contributed by atoms with E-state index in [1.54, 1.807) is 6.20 Å². The summed E-state index contributed by atoms with van der Waals surface area (Å²) in [7, 11) is 1.54. The molecule has 1 heterocycles. The molecule has 0 radical (unpaired) electrons. The predicted molar refractivity (Wildman–Crippen MR) is 70.0 cm³/mol. The highest BCUT2D eigenvalue weighted by molar-refractivity contribution is 5.92. The highest BCUT2D eigenvalue weighted by atomic mass is 16.2. The van der Waals surface area contributed by atoms with Gasteiger partial charge in [-0.25, -0.2) is 9.78 Å². The molecule has 2 rings (SSSR count). The molecule has 0 aliphatic heterocycles. The van der Waals surface area contributed by atoms with Crippen molar-refractivity contribution in [3.63, 3.8) is 0 Å². The van der Waals surface area contributed by atoms with Crippen molar-refractivity contribution in [2.45, 2.75) is 6.42 Å². The molecule has 5 nitrogen and oxygen atoms in total. The van der Waals surface area contributed by atoms with Crippen LogP contribution >= 0.6 is 0 Å². The lowest BCUT2D eigenvalue weighted by atomic mass is 10.1. The van der Waals surface area contributed by atoms with Crippen molar-refractivity contribution in [2.75, 3.05) is 7.05 Å². The maximum atomic E-state index is 12.0. The number of allylic oxidation sites excluding steroid dienone is 1. The van der Waals surface area contributed by atoms with E-state index in [4.69, 9.17) is 0 Å². The predicted octanol–water partition coefficient (Wildman–Crippen LogP) is 1.44. The zero-order valence-electron chi connectivity index (χ0n) is 10.5. The van der Waals surface area contributed by atoms with Crippen LogP contribution in [0.25, 0.3) is 0 Å². The van der Waals surface area contributed by atoms with Gasteiger partial charge >= 0.3 is 0 Å². The van der Waals surface area contributed by atoms with Gasteiger partial charge in [-0.1, -0.05) is 30.3 Å². The third-order valence-electron chi connectivity index (χ3n) is 2.74. The molecule has 1 N–H and O–H groups in total. The maximum absolute atomic E-state index is 12.0. The molecule has 0 fully saturated rings. The molecule has 5 heteroatoms. The second-order valence-electron chi connectivity index (χ2n) is 4.01. The number of carbonyl (C=O) groups is 1. The van der Waals surface area contributed by atoms with Gasteiger partial charge in [-0.2, -0.15) is 0 Å². The van der Waals surface area contributed by atoms with Crippen molar-refractivity contribution in [2.24, 2.45) is 0 Å². The van der Waals surface area contributed by atoms with Gasteiger partial charge in [-0.05, 0) is 5.56 Å². The van der Waals surface area contributed by atoms with Gasteiger partial charge in [-0.15, -0.1) is 0 Å². The molecule has 0 saturated heterocycles. The fourth-order valence-electron chi connectivity index (χ4n) is 1.68. The summed E-state index contributed by atoms with van der Waals surface area (Å²) in [6, 6.07) is 9.44. The number of rotatable bonds is 4. The number of nitrogens with zero attached hydrogens (tertiary/aromatic N) is 2. The molecule has 0 aliphatic carbocycles. The summed E-state index contributed by atoms with van der Waals surface area (Å²) in [6.45, 7) is 0. The minimum absolute atomic E-state index is 0.198. The van der Waals surface area contributed by atoms with Crippen LogP contribution in [-0.2, 0) is 11.2 Å². The van der Waals surface area contributed by atoms with Gasteiger partial charge < -0.3 is 9.88 Å². The van der Waals surface area contributed by atoms with Gasteiger partial charge in [0.2, 0.25) is 0 Å². The van der Waals surface area contributed by atoms with E-state index in [9.17, 15) is 9.59 Å². The van der Waals surface area contributed by atoms with Gasteiger partial charge in [0.05, 0.1) is 0 Å². The number of aromatic nitrogens is 2. The summed E-state index contributed by atoms with van der Waals surface area (Å²) in [6.07, 6.45) is 3.40. The van der Waals surface area contributed by atoms with Crippen LogP contribution < -0.4 is 0 Å². The third-order valence-corrected chi connectivity index (χ3v) is 2.74. The first-order valence-electron chi connectivity index (χ1n) is 5.77. The first kappa shape index (κ1) is 12.8. The summed E-state index contributed by atoms with van der Waals surface area (Å²) in [4.78, 5) is 30.9. The minimum Gasteiger partial charge on any atom is -0.341 e. The Balaban J connectivity index is 2.15. The van der Waals surface area contributed by atoms with E-state index in [0.717, 1.165) is 5.56 Å². The van der Waals surface area contributed by atoms with Crippen LogP contribution in [0.3, 0.4) is 0 Å². The lowest BCUT2D eigenvalue weighted by molar-refractivity contribution is 0.0824. The third kappa shape index (κ3) is 2.97. The SMILES string of the molecule is CN(C(=O)c1ncc[nH]1)C(=C=O)Cc1ccccc1. The molecule has 0 unspecified atom stereocenters. The fourth-order valence-corrected chi connectivity index (χ4v) is 1.68. The van der Waals surface area contributed by atoms with Gasteiger partial charge in [0.1, 0.15) is 11.6 Å². The van der Waals surface area contributed by atoms with Crippen LogP contribution in [-0.4, -0.2) is 33.8 Å². The van der Waals surface area contributed by atoms with Crippen LogP contribution in [0.4, 0.5) is 0 Å². The van der Waals surface area contributed by atoms with E-state index in [0.29, 0.717) is 6.42 Å². The number of nitrogens with one attached hydrogen (secondary N) is 1. The van der Waals surface area contributed by atoms with Crippen LogP contribution in [0.2, 0.25) is 0 Å². The number of imidazole rings is 1. The molecule has 0 atom stereocenters. The highest BCUT2D eigenvalue weighted by Gasteiger charge is 2.18. The fraction of sp³-hybridized carbons (Fsp3) is 0.143. The van der Waals surface area contributed by atoms with E-state index in [1.807, 2.05) is 36.3 Å². The maximum Gasteiger partial charge on any atom is 0.294 e. The lowest BCUT2D eigenvalue weighted by Gasteiger charge is -2.16. The van der Waals surface area contributed by atoms with Crippen LogP contribution in [0.1, 0.15) is 16.2 Å². The number of hydrogen-bond acceptors (Lipinski definition) is 3. The Hall–Kier alpha value is -2.65. The lowest BCUT2D eigenvalue weighted by Crippen LogP contribution is -2.28. The number of amides is 1. The van der Waals surface area contributed by atoms with Crippen molar-refractivity contribution < 1.29 is 9.59 Å². The van der Waals surface area contributed by atoms with Crippen molar-refractivity contribution in [3.8, 4) is 0 Å². The van der Waals surface area contributed by atoms with Crippen molar-refractivity contribution in [1.29, 1.82) is 0 Å². The van der Waals surface area contributed by atoms with E-state index >= 15 is 0 Å². The van der Waals surface area contributed by atoms with Crippen molar-refractivity contribution in [1.82, 2.24) is 14.9 Å². The molecule has 0 bridgehead atoms. The number of carbonyl (C=O) groups excluding carboxylic acids is 2. The molecule has 0 spiro atoms. The largest absolute Gasteiger partial charge is 0.341 e. The monoisotopic (exact) mass is 255 g/mol. The van der Waals surface area contributed by atoms with E-state index < -0.39 is 0 Å². The van der Waals surface area contributed by atoms with E-state index in [1.165, 1.54) is 18.1 Å².